The molecule has 18 heavy (non-hydrogen) atoms. The van der Waals surface area contributed by atoms with Crippen LogP contribution in [0.3, 0.4) is 0 Å². The van der Waals surface area contributed by atoms with E-state index < -0.39 is 0 Å². The molecule has 0 heterocycles. The van der Waals surface area contributed by atoms with E-state index in [1.807, 2.05) is 0 Å². The van der Waals surface area contributed by atoms with E-state index in [0.717, 1.165) is 38.2 Å². The van der Waals surface area contributed by atoms with Crippen LogP contribution in [-0.2, 0) is 4.74 Å². The third-order valence-corrected chi connectivity index (χ3v) is 3.94. The molecule has 1 aliphatic carbocycles. The smallest absolute Gasteiger partial charge is 0.0596 e. The average molecular weight is 256 g/mol. The molecule has 3 heteroatoms. The van der Waals surface area contributed by atoms with Gasteiger partial charge in [-0.2, -0.15) is 0 Å². The maximum atomic E-state index is 5.56. The lowest BCUT2D eigenvalue weighted by Gasteiger charge is -2.30. The van der Waals surface area contributed by atoms with Crippen molar-refractivity contribution in [3.63, 3.8) is 0 Å². The summed E-state index contributed by atoms with van der Waals surface area (Å²) < 4.78 is 5.56. The average Bonchev–Trinajstić information content (AvgIpc) is 2.31. The van der Waals surface area contributed by atoms with E-state index in [2.05, 4.69) is 38.0 Å². The van der Waals surface area contributed by atoms with Crippen LogP contribution in [0.5, 0.6) is 0 Å². The quantitative estimate of drug-likeness (QED) is 0.722. The Morgan fingerprint density at radius 1 is 1.22 bits per heavy atom. The highest BCUT2D eigenvalue weighted by atomic mass is 16.5. The molecule has 0 aromatic carbocycles. The van der Waals surface area contributed by atoms with E-state index in [0.29, 0.717) is 6.10 Å². The maximum absolute atomic E-state index is 5.56. The highest BCUT2D eigenvalue weighted by molar-refractivity contribution is 4.78. The van der Waals surface area contributed by atoms with Crippen molar-refractivity contribution in [2.75, 3.05) is 33.3 Å². The molecule has 0 aromatic rings. The Morgan fingerprint density at radius 3 is 2.61 bits per heavy atom. The lowest BCUT2D eigenvalue weighted by Crippen LogP contribution is -2.41. The summed E-state index contributed by atoms with van der Waals surface area (Å²) in [5.74, 6) is 0.855. The Labute approximate surface area is 113 Å². The first-order chi connectivity index (χ1) is 8.59. The van der Waals surface area contributed by atoms with Gasteiger partial charge in [-0.3, -0.25) is 0 Å². The summed E-state index contributed by atoms with van der Waals surface area (Å²) in [6.45, 7) is 10.7. The van der Waals surface area contributed by atoms with Crippen LogP contribution in [-0.4, -0.2) is 50.3 Å². The molecule has 108 valence electrons. The van der Waals surface area contributed by atoms with Crippen molar-refractivity contribution < 1.29 is 4.74 Å². The largest absolute Gasteiger partial charge is 0.377 e. The Morgan fingerprint density at radius 2 is 1.94 bits per heavy atom. The number of nitrogens with zero attached hydrogens (tertiary/aromatic N) is 1. The van der Waals surface area contributed by atoms with Crippen LogP contribution in [0.15, 0.2) is 0 Å². The fraction of sp³-hybridized carbons (Fsp3) is 1.00. The van der Waals surface area contributed by atoms with E-state index in [4.69, 9.17) is 4.74 Å². The fourth-order valence-electron chi connectivity index (χ4n) is 2.62. The second kappa shape index (κ2) is 8.89. The zero-order valence-corrected chi connectivity index (χ0v) is 12.7. The van der Waals surface area contributed by atoms with Crippen LogP contribution < -0.4 is 5.32 Å². The third-order valence-electron chi connectivity index (χ3n) is 3.94. The number of nitrogens with one attached hydrogen (secondary N) is 1. The van der Waals surface area contributed by atoms with Crippen molar-refractivity contribution in [3.8, 4) is 0 Å². The zero-order valence-electron chi connectivity index (χ0n) is 12.7. The summed E-state index contributed by atoms with van der Waals surface area (Å²) in [5.41, 5.74) is 0. The SMILES string of the molecule is CC(C)OCCN(C)CCNC1CCCCC1C. The Bertz CT molecular complexity index is 209. The molecule has 1 N–H and O–H groups in total. The monoisotopic (exact) mass is 256 g/mol. The predicted molar refractivity (Wildman–Crippen MR) is 78.0 cm³/mol. The van der Waals surface area contributed by atoms with Crippen molar-refractivity contribution in [1.29, 1.82) is 0 Å². The van der Waals surface area contributed by atoms with Gasteiger partial charge in [-0.15, -0.1) is 0 Å². The summed E-state index contributed by atoms with van der Waals surface area (Å²) in [4.78, 5) is 2.35. The van der Waals surface area contributed by atoms with E-state index in [1.165, 1.54) is 25.7 Å². The van der Waals surface area contributed by atoms with Crippen molar-refractivity contribution in [1.82, 2.24) is 10.2 Å². The second-order valence-corrected chi connectivity index (χ2v) is 6.05. The number of hydrogen-bond donors (Lipinski definition) is 1. The minimum atomic E-state index is 0.347. The molecule has 1 rings (SSSR count). The molecule has 0 bridgehead atoms. The lowest BCUT2D eigenvalue weighted by atomic mass is 9.86. The van der Waals surface area contributed by atoms with Gasteiger partial charge in [0.15, 0.2) is 0 Å². The first kappa shape index (κ1) is 15.9. The van der Waals surface area contributed by atoms with Crippen molar-refractivity contribution in [2.45, 2.75) is 58.6 Å². The van der Waals surface area contributed by atoms with E-state index >= 15 is 0 Å². The predicted octanol–water partition coefficient (Wildman–Crippen LogP) is 2.51. The maximum Gasteiger partial charge on any atom is 0.0596 e. The first-order valence-electron chi connectivity index (χ1n) is 7.63. The minimum Gasteiger partial charge on any atom is -0.377 e. The summed E-state index contributed by atoms with van der Waals surface area (Å²) in [5, 5.41) is 3.72. The molecule has 2 unspecified atom stereocenters. The molecule has 3 nitrogen and oxygen atoms in total. The van der Waals surface area contributed by atoms with Crippen LogP contribution >= 0.6 is 0 Å². The van der Waals surface area contributed by atoms with E-state index in [-0.39, 0.29) is 0 Å². The van der Waals surface area contributed by atoms with Gasteiger partial charge < -0.3 is 15.0 Å². The van der Waals surface area contributed by atoms with Gasteiger partial charge in [-0.05, 0) is 39.7 Å². The van der Waals surface area contributed by atoms with E-state index in [1.54, 1.807) is 0 Å². The Balaban J connectivity index is 2.02. The normalized spacial score (nSPS) is 25.0. The van der Waals surface area contributed by atoms with Gasteiger partial charge >= 0.3 is 0 Å². The minimum absolute atomic E-state index is 0.347. The highest BCUT2D eigenvalue weighted by Crippen LogP contribution is 2.23. The fourth-order valence-corrected chi connectivity index (χ4v) is 2.62. The van der Waals surface area contributed by atoms with Gasteiger partial charge in [-0.1, -0.05) is 19.8 Å². The summed E-state index contributed by atoms with van der Waals surface area (Å²) >= 11 is 0. The first-order valence-corrected chi connectivity index (χ1v) is 7.63. The molecule has 1 saturated carbocycles. The Hall–Kier alpha value is -0.120. The van der Waals surface area contributed by atoms with Gasteiger partial charge in [0.25, 0.3) is 0 Å². The number of likely N-dealkylation sites (N-methyl/N-ethyl adjacent to an activating group) is 1. The molecular formula is C15H32N2O. The molecule has 1 fully saturated rings. The standard InChI is InChI=1S/C15H32N2O/c1-13(2)18-12-11-17(4)10-9-16-15-8-6-5-7-14(15)3/h13-16H,5-12H2,1-4H3. The number of ether oxygens (including phenoxy) is 1. The molecule has 0 amide bonds. The number of hydrogen-bond acceptors (Lipinski definition) is 3. The summed E-state index contributed by atoms with van der Waals surface area (Å²) in [6.07, 6.45) is 5.93. The van der Waals surface area contributed by atoms with Crippen LogP contribution in [0.2, 0.25) is 0 Å². The van der Waals surface area contributed by atoms with Crippen molar-refractivity contribution in [2.24, 2.45) is 5.92 Å². The Kier molecular flexibility index (Phi) is 7.87. The van der Waals surface area contributed by atoms with E-state index in [9.17, 15) is 0 Å². The summed E-state index contributed by atoms with van der Waals surface area (Å²) in [6, 6.07) is 0.749. The third kappa shape index (κ3) is 6.72. The van der Waals surface area contributed by atoms with Gasteiger partial charge in [0.2, 0.25) is 0 Å². The van der Waals surface area contributed by atoms with Crippen molar-refractivity contribution >= 4 is 0 Å². The number of rotatable bonds is 8. The van der Waals surface area contributed by atoms with Crippen LogP contribution in [0.25, 0.3) is 0 Å². The van der Waals surface area contributed by atoms with Crippen molar-refractivity contribution in [3.05, 3.63) is 0 Å². The zero-order chi connectivity index (χ0) is 13.4. The second-order valence-electron chi connectivity index (χ2n) is 6.05. The molecule has 1 aliphatic rings. The molecule has 0 aromatic heterocycles. The molecule has 0 spiro atoms. The molecular weight excluding hydrogens is 224 g/mol. The highest BCUT2D eigenvalue weighted by Gasteiger charge is 2.20. The molecule has 2 atom stereocenters. The lowest BCUT2D eigenvalue weighted by molar-refractivity contribution is 0.0637. The van der Waals surface area contributed by atoms with Crippen LogP contribution in [0, 0.1) is 5.92 Å². The van der Waals surface area contributed by atoms with Gasteiger partial charge in [0.05, 0.1) is 12.7 Å². The molecule has 0 saturated heterocycles. The van der Waals surface area contributed by atoms with Gasteiger partial charge in [0.1, 0.15) is 0 Å². The van der Waals surface area contributed by atoms with Crippen LogP contribution in [0.4, 0.5) is 0 Å². The van der Waals surface area contributed by atoms with Gasteiger partial charge in [0, 0.05) is 25.7 Å². The molecule has 0 radical (unpaired) electrons. The molecule has 0 aliphatic heterocycles. The topological polar surface area (TPSA) is 24.5 Å². The van der Waals surface area contributed by atoms with Gasteiger partial charge in [-0.25, -0.2) is 0 Å². The summed E-state index contributed by atoms with van der Waals surface area (Å²) in [7, 11) is 2.18. The van der Waals surface area contributed by atoms with Crippen LogP contribution in [0.1, 0.15) is 46.5 Å².